The normalized spacial score (nSPS) is 10.3. The van der Waals surface area contributed by atoms with Crippen molar-refractivity contribution in [2.75, 3.05) is 24.3 Å². The fourth-order valence-corrected chi connectivity index (χ4v) is 2.35. The zero-order valence-electron chi connectivity index (χ0n) is 14.4. The van der Waals surface area contributed by atoms with Crippen LogP contribution in [0.4, 0.5) is 17.6 Å². The number of methoxy groups -OCH3 is 1. The molecule has 0 aliphatic rings. The van der Waals surface area contributed by atoms with Crippen LogP contribution in [-0.4, -0.2) is 28.6 Å². The number of aromatic nitrogens is 3. The molecule has 25 heavy (non-hydrogen) atoms. The maximum atomic E-state index is 5.18. The van der Waals surface area contributed by atoms with Gasteiger partial charge < -0.3 is 15.4 Å². The third-order valence-corrected chi connectivity index (χ3v) is 3.74. The Balaban J connectivity index is 1.60. The standard InChI is InChI=1S/C19H21N5O/c1-14-13-22-19(23-17-5-3-4-11-20-17)24-18(14)21-12-10-15-6-8-16(25-2)9-7-15/h3-9,11,13H,10,12H2,1-2H3,(H2,20,21,22,23,24). The van der Waals surface area contributed by atoms with Crippen molar-refractivity contribution in [3.8, 4) is 5.75 Å². The van der Waals surface area contributed by atoms with Crippen molar-refractivity contribution in [1.29, 1.82) is 0 Å². The van der Waals surface area contributed by atoms with Crippen molar-refractivity contribution in [2.24, 2.45) is 0 Å². The second-order valence-corrected chi connectivity index (χ2v) is 5.59. The van der Waals surface area contributed by atoms with Gasteiger partial charge in [-0.1, -0.05) is 18.2 Å². The van der Waals surface area contributed by atoms with Gasteiger partial charge in [0.15, 0.2) is 0 Å². The Kier molecular flexibility index (Phi) is 5.41. The van der Waals surface area contributed by atoms with E-state index in [-0.39, 0.29) is 0 Å². The highest BCUT2D eigenvalue weighted by molar-refractivity contribution is 5.52. The molecule has 2 N–H and O–H groups in total. The Morgan fingerprint density at radius 3 is 2.60 bits per heavy atom. The number of pyridine rings is 1. The summed E-state index contributed by atoms with van der Waals surface area (Å²) in [6, 6.07) is 13.7. The molecule has 0 aliphatic heterocycles. The lowest BCUT2D eigenvalue weighted by Crippen LogP contribution is -2.09. The van der Waals surface area contributed by atoms with Gasteiger partial charge in [-0.25, -0.2) is 9.97 Å². The molecule has 128 valence electrons. The average molecular weight is 335 g/mol. The Morgan fingerprint density at radius 2 is 1.88 bits per heavy atom. The third-order valence-electron chi connectivity index (χ3n) is 3.74. The van der Waals surface area contributed by atoms with Crippen molar-refractivity contribution in [2.45, 2.75) is 13.3 Å². The fourth-order valence-electron chi connectivity index (χ4n) is 2.35. The monoisotopic (exact) mass is 335 g/mol. The second kappa shape index (κ2) is 8.10. The van der Waals surface area contributed by atoms with Gasteiger partial charge in [0.1, 0.15) is 17.4 Å². The Bertz CT molecular complexity index is 806. The minimum atomic E-state index is 0.524. The van der Waals surface area contributed by atoms with Crippen LogP contribution in [0.2, 0.25) is 0 Å². The first-order chi connectivity index (χ1) is 12.2. The molecule has 0 atom stereocenters. The van der Waals surface area contributed by atoms with Crippen LogP contribution in [0.25, 0.3) is 0 Å². The van der Waals surface area contributed by atoms with Crippen molar-refractivity contribution in [3.63, 3.8) is 0 Å². The summed E-state index contributed by atoms with van der Waals surface area (Å²) in [5.74, 6) is 2.93. The lowest BCUT2D eigenvalue weighted by molar-refractivity contribution is 0.414. The van der Waals surface area contributed by atoms with Gasteiger partial charge in [0.05, 0.1) is 7.11 Å². The smallest absolute Gasteiger partial charge is 0.230 e. The van der Waals surface area contributed by atoms with Gasteiger partial charge in [0.2, 0.25) is 5.95 Å². The predicted molar refractivity (Wildman–Crippen MR) is 99.5 cm³/mol. The van der Waals surface area contributed by atoms with Crippen LogP contribution in [0, 0.1) is 6.92 Å². The SMILES string of the molecule is COc1ccc(CCNc2nc(Nc3ccccn3)ncc2C)cc1. The van der Waals surface area contributed by atoms with E-state index in [1.807, 2.05) is 37.3 Å². The molecule has 3 aromatic rings. The molecule has 2 aromatic heterocycles. The van der Waals surface area contributed by atoms with E-state index in [4.69, 9.17) is 4.74 Å². The first-order valence-electron chi connectivity index (χ1n) is 8.13. The molecule has 0 bridgehead atoms. The molecule has 0 amide bonds. The summed E-state index contributed by atoms with van der Waals surface area (Å²) < 4.78 is 5.18. The molecule has 0 unspecified atom stereocenters. The van der Waals surface area contributed by atoms with E-state index >= 15 is 0 Å². The number of ether oxygens (including phenoxy) is 1. The van der Waals surface area contributed by atoms with Crippen LogP contribution in [0.15, 0.2) is 54.9 Å². The van der Waals surface area contributed by atoms with Crippen molar-refractivity contribution >= 4 is 17.6 Å². The number of nitrogens with one attached hydrogen (secondary N) is 2. The third kappa shape index (κ3) is 4.67. The summed E-state index contributed by atoms with van der Waals surface area (Å²) in [6.07, 6.45) is 4.43. The minimum Gasteiger partial charge on any atom is -0.497 e. The number of nitrogens with zero attached hydrogens (tertiary/aromatic N) is 3. The zero-order chi connectivity index (χ0) is 17.5. The summed E-state index contributed by atoms with van der Waals surface area (Å²) in [5, 5.41) is 6.48. The van der Waals surface area contributed by atoms with E-state index in [1.165, 1.54) is 5.56 Å². The van der Waals surface area contributed by atoms with Crippen LogP contribution in [0.3, 0.4) is 0 Å². The molecule has 1 aromatic carbocycles. The van der Waals surface area contributed by atoms with Gasteiger partial charge in [-0.15, -0.1) is 0 Å². The molecule has 0 saturated heterocycles. The highest BCUT2D eigenvalue weighted by Crippen LogP contribution is 2.16. The summed E-state index contributed by atoms with van der Waals surface area (Å²) in [5.41, 5.74) is 2.24. The largest absolute Gasteiger partial charge is 0.497 e. The highest BCUT2D eigenvalue weighted by atomic mass is 16.5. The van der Waals surface area contributed by atoms with Gasteiger partial charge in [-0.2, -0.15) is 4.98 Å². The maximum absolute atomic E-state index is 5.18. The number of hydrogen-bond donors (Lipinski definition) is 2. The molecule has 0 spiro atoms. The predicted octanol–water partition coefficient (Wildman–Crippen LogP) is 3.59. The van der Waals surface area contributed by atoms with Crippen molar-refractivity contribution in [3.05, 3.63) is 66.0 Å². The first kappa shape index (κ1) is 16.7. The van der Waals surface area contributed by atoms with E-state index in [9.17, 15) is 0 Å². The number of rotatable bonds is 7. The molecule has 6 nitrogen and oxygen atoms in total. The van der Waals surface area contributed by atoms with E-state index in [1.54, 1.807) is 19.5 Å². The molecule has 6 heteroatoms. The number of anilines is 3. The van der Waals surface area contributed by atoms with Crippen LogP contribution >= 0.6 is 0 Å². The molecule has 0 aliphatic carbocycles. The first-order valence-corrected chi connectivity index (χ1v) is 8.13. The molecule has 0 saturated carbocycles. The molecular weight excluding hydrogens is 314 g/mol. The van der Waals surface area contributed by atoms with E-state index < -0.39 is 0 Å². The lowest BCUT2D eigenvalue weighted by atomic mass is 10.1. The lowest BCUT2D eigenvalue weighted by Gasteiger charge is -2.11. The maximum Gasteiger partial charge on any atom is 0.230 e. The zero-order valence-corrected chi connectivity index (χ0v) is 14.4. The van der Waals surface area contributed by atoms with Gasteiger partial charge >= 0.3 is 0 Å². The molecular formula is C19H21N5O. The molecule has 3 rings (SSSR count). The van der Waals surface area contributed by atoms with E-state index in [2.05, 4.69) is 37.7 Å². The van der Waals surface area contributed by atoms with Crippen LogP contribution < -0.4 is 15.4 Å². The molecule has 0 fully saturated rings. The number of hydrogen-bond acceptors (Lipinski definition) is 6. The Hall–Kier alpha value is -3.15. The van der Waals surface area contributed by atoms with E-state index in [0.717, 1.165) is 35.9 Å². The summed E-state index contributed by atoms with van der Waals surface area (Å²) in [4.78, 5) is 13.1. The average Bonchev–Trinajstić information content (AvgIpc) is 2.66. The molecule has 2 heterocycles. The van der Waals surface area contributed by atoms with Crippen molar-refractivity contribution in [1.82, 2.24) is 15.0 Å². The minimum absolute atomic E-state index is 0.524. The highest BCUT2D eigenvalue weighted by Gasteiger charge is 2.05. The number of aryl methyl sites for hydroxylation is 1. The second-order valence-electron chi connectivity index (χ2n) is 5.59. The van der Waals surface area contributed by atoms with Gasteiger partial charge in [-0.05, 0) is 43.2 Å². The number of benzene rings is 1. The van der Waals surface area contributed by atoms with Crippen LogP contribution in [-0.2, 0) is 6.42 Å². The summed E-state index contributed by atoms with van der Waals surface area (Å²) >= 11 is 0. The van der Waals surface area contributed by atoms with Gasteiger partial charge in [0, 0.05) is 24.5 Å². The van der Waals surface area contributed by atoms with Crippen molar-refractivity contribution < 1.29 is 4.74 Å². The van der Waals surface area contributed by atoms with E-state index in [0.29, 0.717) is 5.95 Å². The molecule has 0 radical (unpaired) electrons. The van der Waals surface area contributed by atoms with Crippen LogP contribution in [0.5, 0.6) is 5.75 Å². The Labute approximate surface area is 147 Å². The van der Waals surface area contributed by atoms with Gasteiger partial charge in [0.25, 0.3) is 0 Å². The fraction of sp³-hybridized carbons (Fsp3) is 0.211. The quantitative estimate of drug-likeness (QED) is 0.687. The summed E-state index contributed by atoms with van der Waals surface area (Å²) in [6.45, 7) is 2.77. The van der Waals surface area contributed by atoms with Crippen LogP contribution in [0.1, 0.15) is 11.1 Å². The van der Waals surface area contributed by atoms with Gasteiger partial charge in [-0.3, -0.25) is 0 Å². The topological polar surface area (TPSA) is 72.0 Å². The Morgan fingerprint density at radius 1 is 1.04 bits per heavy atom. The summed E-state index contributed by atoms with van der Waals surface area (Å²) in [7, 11) is 1.67.